The van der Waals surface area contributed by atoms with Gasteiger partial charge in [-0.3, -0.25) is 0 Å². The quantitative estimate of drug-likeness (QED) is 0.0926. The van der Waals surface area contributed by atoms with E-state index in [1.807, 2.05) is 83.4 Å². The molecular weight excluding hydrogens is 829 g/mol. The fraction of sp³-hybridized carbons (Fsp3) is 0.400. The number of fused-ring (bicyclic) bond motifs is 2. The van der Waals surface area contributed by atoms with Gasteiger partial charge in [0.05, 0.1) is 41.1 Å². The summed E-state index contributed by atoms with van der Waals surface area (Å²) in [6, 6.07) is 30.1. The highest BCUT2D eigenvalue weighted by molar-refractivity contribution is 5.98. The first-order valence-electron chi connectivity index (χ1n) is 22.4. The average Bonchev–Trinajstić information content (AvgIpc) is 3.94. The zero-order valence-corrected chi connectivity index (χ0v) is 37.5. The van der Waals surface area contributed by atoms with E-state index in [4.69, 9.17) is 18.9 Å². The molecule has 2 amide bonds. The van der Waals surface area contributed by atoms with Gasteiger partial charge in [0.25, 0.3) is 0 Å². The predicted octanol–water partition coefficient (Wildman–Crippen LogP) is 8.43. The van der Waals surface area contributed by atoms with Crippen molar-refractivity contribution in [2.24, 2.45) is 11.8 Å². The van der Waals surface area contributed by atoms with Crippen LogP contribution in [0.3, 0.4) is 0 Å². The maximum atomic E-state index is 12.5. The molecule has 0 bridgehead atoms. The Labute approximate surface area is 378 Å². The van der Waals surface area contributed by atoms with Gasteiger partial charge in [-0.2, -0.15) is 10.2 Å². The number of carbonyl (C=O) groups excluding carboxylic acids is 4. The molecule has 1 N–H and O–H groups in total. The number of esters is 2. The molecule has 15 heteroatoms. The number of rotatable bonds is 12. The highest BCUT2D eigenvalue weighted by atomic mass is 16.6. The summed E-state index contributed by atoms with van der Waals surface area (Å²) in [7, 11) is 0. The lowest BCUT2D eigenvalue weighted by atomic mass is 9.79. The summed E-state index contributed by atoms with van der Waals surface area (Å²) in [5, 5.41) is 20.4. The predicted molar refractivity (Wildman–Crippen MR) is 242 cm³/mol. The number of aliphatic hydroxyl groups is 1. The molecule has 4 aromatic heterocycles. The maximum Gasteiger partial charge on any atom is 0.410 e. The Balaban J connectivity index is 0.000000194. The Hall–Kier alpha value is -6.74. The standard InChI is InChI=1S/C25H29N3O5.C25H29N3O4/c1-3-32-23(29)20-16-22(28-21(20)10-7-13-26-28)25(2,31)19-11-14-27(15-12-19)24(30)33-17-18-8-5-4-6-9-18;1-3-31-24(29)21-16-23(28-22(21)10-7-13-26-28)18(2)20-11-14-27(15-12-20)25(30)32-17-19-8-5-4-6-9-19/h4-10,13,16,19,31H,3,11-12,14-15,17H2,1-2H3;4-10,13,16,18,20H,3,11-12,14-15,17H2,1-2H3. The van der Waals surface area contributed by atoms with Crippen molar-refractivity contribution in [2.45, 2.75) is 78.1 Å². The molecule has 2 aromatic carbocycles. The second-order valence-electron chi connectivity index (χ2n) is 16.6. The van der Waals surface area contributed by atoms with Crippen LogP contribution in [-0.2, 0) is 37.8 Å². The normalized spacial score (nSPS) is 16.0. The van der Waals surface area contributed by atoms with E-state index in [0.717, 1.165) is 35.2 Å². The Bertz CT molecular complexity index is 2540. The van der Waals surface area contributed by atoms with E-state index in [1.165, 1.54) is 0 Å². The van der Waals surface area contributed by atoms with Crippen LogP contribution in [0.5, 0.6) is 0 Å². The SMILES string of the molecule is CCOC(=O)c1cc(C(C)(O)C2CCN(C(=O)OCc3ccccc3)CC2)n2ncccc12.CCOC(=O)c1cc(C(C)C2CCN(C(=O)OCc3ccccc3)CC2)n2ncccc12. The molecule has 0 saturated carbocycles. The molecule has 2 saturated heterocycles. The number of likely N-dealkylation sites (tertiary alicyclic amines) is 2. The van der Waals surface area contributed by atoms with Crippen LogP contribution < -0.4 is 0 Å². The molecular formula is C50H58N6O9. The minimum absolute atomic E-state index is 0.120. The number of hydrogen-bond donors (Lipinski definition) is 1. The first kappa shape index (κ1) is 46.3. The van der Waals surface area contributed by atoms with Crippen LogP contribution in [0.15, 0.2) is 109 Å². The summed E-state index contributed by atoms with van der Waals surface area (Å²) in [6.07, 6.45) is 5.67. The van der Waals surface area contributed by atoms with Gasteiger partial charge in [0, 0.05) is 50.2 Å². The van der Waals surface area contributed by atoms with Crippen molar-refractivity contribution in [2.75, 3.05) is 39.4 Å². The van der Waals surface area contributed by atoms with Crippen LogP contribution in [0, 0.1) is 11.8 Å². The lowest BCUT2D eigenvalue weighted by molar-refractivity contribution is -0.0372. The lowest BCUT2D eigenvalue weighted by Gasteiger charge is -2.39. The lowest BCUT2D eigenvalue weighted by Crippen LogP contribution is -2.44. The summed E-state index contributed by atoms with van der Waals surface area (Å²) in [5.74, 6) is -0.328. The van der Waals surface area contributed by atoms with Crippen LogP contribution in [0.4, 0.5) is 9.59 Å². The van der Waals surface area contributed by atoms with Gasteiger partial charge < -0.3 is 33.9 Å². The van der Waals surface area contributed by atoms with E-state index >= 15 is 0 Å². The Morgan fingerprint density at radius 2 is 1.11 bits per heavy atom. The van der Waals surface area contributed by atoms with Gasteiger partial charge in [0.15, 0.2) is 0 Å². The Morgan fingerprint density at radius 3 is 1.62 bits per heavy atom. The number of carbonyl (C=O) groups is 4. The third-order valence-corrected chi connectivity index (χ3v) is 12.5. The summed E-state index contributed by atoms with van der Waals surface area (Å²) in [4.78, 5) is 53.3. The van der Waals surface area contributed by atoms with Crippen LogP contribution in [0.25, 0.3) is 11.0 Å². The van der Waals surface area contributed by atoms with E-state index in [1.54, 1.807) is 65.7 Å². The zero-order valence-electron chi connectivity index (χ0n) is 37.5. The fourth-order valence-corrected chi connectivity index (χ4v) is 8.81. The minimum Gasteiger partial charge on any atom is -0.462 e. The molecule has 2 aliphatic rings. The van der Waals surface area contributed by atoms with E-state index in [2.05, 4.69) is 17.1 Å². The molecule has 6 heterocycles. The topological polar surface area (TPSA) is 167 Å². The van der Waals surface area contributed by atoms with E-state index in [-0.39, 0.29) is 49.8 Å². The van der Waals surface area contributed by atoms with Crippen LogP contribution in [0.2, 0.25) is 0 Å². The van der Waals surface area contributed by atoms with Crippen molar-refractivity contribution in [3.63, 3.8) is 0 Å². The molecule has 2 fully saturated rings. The smallest absolute Gasteiger partial charge is 0.410 e. The van der Waals surface area contributed by atoms with Gasteiger partial charge in [-0.1, -0.05) is 67.6 Å². The molecule has 6 aromatic rings. The third-order valence-electron chi connectivity index (χ3n) is 12.5. The summed E-state index contributed by atoms with van der Waals surface area (Å²) in [5.41, 5.74) is 4.47. The number of benzene rings is 2. The van der Waals surface area contributed by atoms with Crippen LogP contribution in [0.1, 0.15) is 103 Å². The second-order valence-corrected chi connectivity index (χ2v) is 16.6. The van der Waals surface area contributed by atoms with Crippen LogP contribution in [-0.4, -0.2) is 97.7 Å². The van der Waals surface area contributed by atoms with Gasteiger partial charge in [-0.05, 0) is 106 Å². The van der Waals surface area contributed by atoms with Crippen molar-refractivity contribution in [3.05, 3.63) is 143 Å². The molecule has 342 valence electrons. The van der Waals surface area contributed by atoms with E-state index < -0.39 is 11.6 Å². The number of piperidine rings is 2. The average molecular weight is 887 g/mol. The molecule has 15 nitrogen and oxygen atoms in total. The highest BCUT2D eigenvalue weighted by Gasteiger charge is 2.40. The van der Waals surface area contributed by atoms with Gasteiger partial charge in [0.1, 0.15) is 18.8 Å². The van der Waals surface area contributed by atoms with Crippen LogP contribution >= 0.6 is 0 Å². The molecule has 2 atom stereocenters. The molecule has 2 unspecified atom stereocenters. The van der Waals surface area contributed by atoms with Crippen molar-refractivity contribution in [1.82, 2.24) is 29.0 Å². The summed E-state index contributed by atoms with van der Waals surface area (Å²) in [6.45, 7) is 10.9. The molecule has 8 rings (SSSR count). The number of nitrogens with zero attached hydrogens (tertiary/aromatic N) is 6. The monoisotopic (exact) mass is 886 g/mol. The van der Waals surface area contributed by atoms with Gasteiger partial charge in [-0.25, -0.2) is 28.2 Å². The van der Waals surface area contributed by atoms with E-state index in [0.29, 0.717) is 73.9 Å². The summed E-state index contributed by atoms with van der Waals surface area (Å²) >= 11 is 0. The number of ether oxygens (including phenoxy) is 4. The second kappa shape index (κ2) is 21.3. The summed E-state index contributed by atoms with van der Waals surface area (Å²) < 4.78 is 24.8. The largest absolute Gasteiger partial charge is 0.462 e. The van der Waals surface area contributed by atoms with Gasteiger partial charge >= 0.3 is 24.1 Å². The van der Waals surface area contributed by atoms with Crippen molar-refractivity contribution >= 4 is 35.2 Å². The number of hydrogen-bond acceptors (Lipinski definition) is 11. The van der Waals surface area contributed by atoms with Crippen molar-refractivity contribution < 1.29 is 43.2 Å². The third kappa shape index (κ3) is 10.8. The maximum absolute atomic E-state index is 12.5. The number of aromatic nitrogens is 4. The minimum atomic E-state index is -1.25. The molecule has 0 spiro atoms. The first-order valence-corrected chi connectivity index (χ1v) is 22.4. The molecule has 65 heavy (non-hydrogen) atoms. The van der Waals surface area contributed by atoms with Crippen molar-refractivity contribution in [1.29, 1.82) is 0 Å². The Kier molecular flexibility index (Phi) is 15.2. The fourth-order valence-electron chi connectivity index (χ4n) is 8.81. The molecule has 2 aliphatic heterocycles. The van der Waals surface area contributed by atoms with Gasteiger partial charge in [-0.15, -0.1) is 0 Å². The first-order chi connectivity index (χ1) is 31.5. The molecule has 0 aliphatic carbocycles. The van der Waals surface area contributed by atoms with Gasteiger partial charge in [0.2, 0.25) is 0 Å². The number of amides is 2. The Morgan fingerprint density at radius 1 is 0.646 bits per heavy atom. The zero-order chi connectivity index (χ0) is 45.9. The van der Waals surface area contributed by atoms with E-state index in [9.17, 15) is 24.3 Å². The highest BCUT2D eigenvalue weighted by Crippen LogP contribution is 2.38. The van der Waals surface area contributed by atoms with Crippen molar-refractivity contribution in [3.8, 4) is 0 Å². The molecule has 0 radical (unpaired) electrons.